The number of piperidine rings is 1. The van der Waals surface area contributed by atoms with Gasteiger partial charge in [0.05, 0.1) is 31.9 Å². The summed E-state index contributed by atoms with van der Waals surface area (Å²) in [4.78, 5) is 40.9. The zero-order chi connectivity index (χ0) is 32.1. The standard InChI is InChI=1S/C35H40N4O7/c40-22-24-9-11-25(12-10-24)30-20-29(45-33(46-30)26-5-4-6-27(19-26)37-31(41)13-14-32(42)43)21-38-17-15-35(16-18-38)34(44)36-23-39(35)28-7-2-1-3-8-28/h1-12,19,29-30,33,40H,13-18,20-23H2,(H,36,44)(H,37,41)(H,42,43)/t29-,30+,33+/m0/s1. The number of nitrogens with one attached hydrogen (secondary N) is 2. The van der Waals surface area contributed by atoms with Gasteiger partial charge in [-0.3, -0.25) is 14.4 Å². The first-order chi connectivity index (χ1) is 22.3. The van der Waals surface area contributed by atoms with E-state index in [1.165, 1.54) is 0 Å². The molecule has 3 aromatic rings. The van der Waals surface area contributed by atoms with Crippen molar-refractivity contribution in [2.45, 2.75) is 62.7 Å². The topological polar surface area (TPSA) is 141 Å². The SMILES string of the molecule is O=C(O)CCC(=O)Nc1cccc([C@@H]2O[C@H](CN3CCC4(CC3)C(=O)NCN4c3ccccc3)C[C@H](c3ccc(CO)cc3)O2)c1. The molecule has 3 aliphatic rings. The molecule has 242 valence electrons. The van der Waals surface area contributed by atoms with Crippen LogP contribution in [0.15, 0.2) is 78.9 Å². The summed E-state index contributed by atoms with van der Waals surface area (Å²) >= 11 is 0. The van der Waals surface area contributed by atoms with Crippen molar-refractivity contribution in [3.05, 3.63) is 95.6 Å². The Kier molecular flexibility index (Phi) is 9.64. The quantitative estimate of drug-likeness (QED) is 0.263. The largest absolute Gasteiger partial charge is 0.481 e. The van der Waals surface area contributed by atoms with Gasteiger partial charge in [0.15, 0.2) is 6.29 Å². The van der Waals surface area contributed by atoms with Crippen LogP contribution in [-0.4, -0.2) is 70.8 Å². The van der Waals surface area contributed by atoms with Gasteiger partial charge in [0.1, 0.15) is 5.54 Å². The summed E-state index contributed by atoms with van der Waals surface area (Å²) in [6, 6.07) is 25.0. The Morgan fingerprint density at radius 2 is 1.70 bits per heavy atom. The second kappa shape index (κ2) is 14.0. The first-order valence-corrected chi connectivity index (χ1v) is 15.8. The summed E-state index contributed by atoms with van der Waals surface area (Å²) in [7, 11) is 0. The van der Waals surface area contributed by atoms with E-state index in [0.29, 0.717) is 38.2 Å². The monoisotopic (exact) mass is 628 g/mol. The predicted molar refractivity (Wildman–Crippen MR) is 171 cm³/mol. The molecule has 46 heavy (non-hydrogen) atoms. The number of hydrogen-bond acceptors (Lipinski definition) is 8. The first-order valence-electron chi connectivity index (χ1n) is 15.8. The highest BCUT2D eigenvalue weighted by molar-refractivity contribution is 5.93. The lowest BCUT2D eigenvalue weighted by Crippen LogP contribution is -2.57. The fourth-order valence-corrected chi connectivity index (χ4v) is 6.67. The molecular formula is C35H40N4O7. The van der Waals surface area contributed by atoms with Crippen molar-refractivity contribution in [1.82, 2.24) is 10.2 Å². The number of ether oxygens (including phenoxy) is 2. The molecule has 0 saturated carbocycles. The van der Waals surface area contributed by atoms with Gasteiger partial charge in [-0.1, -0.05) is 54.6 Å². The molecule has 1 spiro atoms. The van der Waals surface area contributed by atoms with Crippen molar-refractivity contribution in [1.29, 1.82) is 0 Å². The minimum absolute atomic E-state index is 0.0404. The molecule has 2 amide bonds. The molecule has 3 saturated heterocycles. The summed E-state index contributed by atoms with van der Waals surface area (Å²) < 4.78 is 13.0. The van der Waals surface area contributed by atoms with Crippen molar-refractivity contribution >= 4 is 29.2 Å². The van der Waals surface area contributed by atoms with Crippen molar-refractivity contribution in [3.8, 4) is 0 Å². The number of aliphatic carboxylic acids is 1. The molecule has 11 heteroatoms. The van der Waals surface area contributed by atoms with E-state index in [2.05, 4.69) is 20.4 Å². The third kappa shape index (κ3) is 7.07. The first kappa shape index (κ1) is 31.7. The van der Waals surface area contributed by atoms with Crippen LogP contribution in [0.2, 0.25) is 0 Å². The lowest BCUT2D eigenvalue weighted by atomic mass is 9.85. The highest BCUT2D eigenvalue weighted by Gasteiger charge is 2.50. The molecule has 0 bridgehead atoms. The van der Waals surface area contributed by atoms with Gasteiger partial charge in [-0.2, -0.15) is 0 Å². The molecule has 3 aliphatic heterocycles. The van der Waals surface area contributed by atoms with E-state index >= 15 is 0 Å². The van der Waals surface area contributed by atoms with Crippen LogP contribution in [0.4, 0.5) is 11.4 Å². The Bertz CT molecular complexity index is 1530. The number of nitrogens with zero attached hydrogens (tertiary/aromatic N) is 2. The number of rotatable bonds is 10. The van der Waals surface area contributed by atoms with Gasteiger partial charge >= 0.3 is 5.97 Å². The van der Waals surface area contributed by atoms with Crippen LogP contribution >= 0.6 is 0 Å². The number of likely N-dealkylation sites (tertiary alicyclic amines) is 1. The third-order valence-electron chi connectivity index (χ3n) is 9.17. The lowest BCUT2D eigenvalue weighted by Gasteiger charge is -2.45. The highest BCUT2D eigenvalue weighted by atomic mass is 16.7. The van der Waals surface area contributed by atoms with E-state index < -0.39 is 17.8 Å². The zero-order valence-corrected chi connectivity index (χ0v) is 25.6. The van der Waals surface area contributed by atoms with Crippen LogP contribution in [0.25, 0.3) is 0 Å². The van der Waals surface area contributed by atoms with Crippen LogP contribution in [0.1, 0.15) is 61.2 Å². The van der Waals surface area contributed by atoms with Crippen LogP contribution in [0, 0.1) is 0 Å². The number of hydrogen-bond donors (Lipinski definition) is 4. The average Bonchev–Trinajstić information content (AvgIpc) is 3.39. The van der Waals surface area contributed by atoms with E-state index in [1.807, 2.05) is 60.7 Å². The number of carboxylic acids is 1. The molecule has 3 atom stereocenters. The Labute approximate surface area is 268 Å². The molecule has 11 nitrogen and oxygen atoms in total. The normalized spacial score (nSPS) is 22.8. The number of benzene rings is 3. The summed E-state index contributed by atoms with van der Waals surface area (Å²) in [6.45, 7) is 2.62. The fraction of sp³-hybridized carbons (Fsp3) is 0.400. The van der Waals surface area contributed by atoms with E-state index in [0.717, 1.165) is 35.5 Å². The minimum atomic E-state index is -1.03. The number of amides is 2. The van der Waals surface area contributed by atoms with Gasteiger partial charge in [0.2, 0.25) is 11.8 Å². The van der Waals surface area contributed by atoms with Gasteiger partial charge in [0.25, 0.3) is 0 Å². The van der Waals surface area contributed by atoms with Gasteiger partial charge in [-0.25, -0.2) is 0 Å². The molecule has 6 rings (SSSR count). The summed E-state index contributed by atoms with van der Waals surface area (Å²) in [5.74, 6) is -1.32. The molecule has 0 aromatic heterocycles. The Balaban J connectivity index is 1.16. The molecule has 4 N–H and O–H groups in total. The minimum Gasteiger partial charge on any atom is -0.481 e. The second-order valence-electron chi connectivity index (χ2n) is 12.2. The summed E-state index contributed by atoms with van der Waals surface area (Å²) in [6.07, 6.45) is 0.521. The Morgan fingerprint density at radius 3 is 2.41 bits per heavy atom. The van der Waals surface area contributed by atoms with Crippen molar-refractivity contribution in [2.75, 3.05) is 36.5 Å². The van der Waals surface area contributed by atoms with Crippen LogP contribution in [0.3, 0.4) is 0 Å². The number of aliphatic hydroxyl groups excluding tert-OH is 1. The number of carbonyl (C=O) groups is 3. The van der Waals surface area contributed by atoms with Crippen molar-refractivity contribution in [2.24, 2.45) is 0 Å². The smallest absolute Gasteiger partial charge is 0.303 e. The fourth-order valence-electron chi connectivity index (χ4n) is 6.67. The molecule has 0 aliphatic carbocycles. The van der Waals surface area contributed by atoms with Crippen molar-refractivity contribution in [3.63, 3.8) is 0 Å². The summed E-state index contributed by atoms with van der Waals surface area (Å²) in [5.41, 5.74) is 3.54. The van der Waals surface area contributed by atoms with Crippen LogP contribution in [0.5, 0.6) is 0 Å². The third-order valence-corrected chi connectivity index (χ3v) is 9.17. The average molecular weight is 629 g/mol. The Morgan fingerprint density at radius 1 is 0.935 bits per heavy atom. The molecular weight excluding hydrogens is 588 g/mol. The van der Waals surface area contributed by atoms with E-state index in [4.69, 9.17) is 14.6 Å². The molecule has 3 fully saturated rings. The van der Waals surface area contributed by atoms with E-state index in [-0.39, 0.29) is 43.5 Å². The zero-order valence-electron chi connectivity index (χ0n) is 25.6. The molecule has 3 aromatic carbocycles. The van der Waals surface area contributed by atoms with Gasteiger partial charge in [-0.05, 0) is 48.2 Å². The predicted octanol–water partition coefficient (Wildman–Crippen LogP) is 3.96. The highest BCUT2D eigenvalue weighted by Crippen LogP contribution is 2.40. The maximum atomic E-state index is 13.2. The lowest BCUT2D eigenvalue weighted by molar-refractivity contribution is -0.253. The number of anilines is 2. The number of carboxylic acid groups (broad SMARTS) is 1. The van der Waals surface area contributed by atoms with Crippen LogP contribution in [-0.2, 0) is 30.5 Å². The van der Waals surface area contributed by atoms with E-state index in [9.17, 15) is 19.5 Å². The van der Waals surface area contributed by atoms with Gasteiger partial charge < -0.3 is 40.1 Å². The molecule has 0 unspecified atom stereocenters. The van der Waals surface area contributed by atoms with Gasteiger partial charge in [0, 0.05) is 49.4 Å². The molecule has 3 heterocycles. The van der Waals surface area contributed by atoms with Crippen molar-refractivity contribution < 1.29 is 34.1 Å². The maximum Gasteiger partial charge on any atom is 0.303 e. The van der Waals surface area contributed by atoms with Crippen LogP contribution < -0.4 is 15.5 Å². The molecule has 0 radical (unpaired) electrons. The number of para-hydroxylation sites is 1. The Hall–Kier alpha value is -4.29. The van der Waals surface area contributed by atoms with Gasteiger partial charge in [-0.15, -0.1) is 0 Å². The number of carbonyl (C=O) groups excluding carboxylic acids is 2. The number of aliphatic hydroxyl groups is 1. The summed E-state index contributed by atoms with van der Waals surface area (Å²) in [5, 5.41) is 24.3. The van der Waals surface area contributed by atoms with E-state index in [1.54, 1.807) is 18.2 Å². The second-order valence-corrected chi connectivity index (χ2v) is 12.2. The maximum absolute atomic E-state index is 13.2.